The van der Waals surface area contributed by atoms with Crippen molar-refractivity contribution in [2.45, 2.75) is 32.6 Å². The van der Waals surface area contributed by atoms with Gasteiger partial charge in [-0.2, -0.15) is 0 Å². The molecule has 2 rings (SSSR count). The van der Waals surface area contributed by atoms with E-state index in [-0.39, 0.29) is 0 Å². The standard InChI is InChI=1S/C17H28N2/c1-3-18-13-16-10-12-19(14-16)11-9-15(2)17-7-5-4-6-8-17/h4-8,15-16,18H,3,9-14H2,1-2H3. The van der Waals surface area contributed by atoms with Gasteiger partial charge < -0.3 is 10.2 Å². The van der Waals surface area contributed by atoms with Crippen LogP contribution in [0.15, 0.2) is 30.3 Å². The first kappa shape index (κ1) is 14.5. The Morgan fingerprint density at radius 1 is 1.32 bits per heavy atom. The summed E-state index contributed by atoms with van der Waals surface area (Å²) in [4.78, 5) is 2.64. The second kappa shape index (κ2) is 7.66. The highest BCUT2D eigenvalue weighted by atomic mass is 15.1. The van der Waals surface area contributed by atoms with Crippen LogP contribution in [0.2, 0.25) is 0 Å². The van der Waals surface area contributed by atoms with Gasteiger partial charge >= 0.3 is 0 Å². The molecule has 1 fully saturated rings. The van der Waals surface area contributed by atoms with Gasteiger partial charge in [-0.1, -0.05) is 44.2 Å². The van der Waals surface area contributed by atoms with Gasteiger partial charge in [-0.15, -0.1) is 0 Å². The largest absolute Gasteiger partial charge is 0.317 e. The zero-order chi connectivity index (χ0) is 13.5. The van der Waals surface area contributed by atoms with E-state index < -0.39 is 0 Å². The summed E-state index contributed by atoms with van der Waals surface area (Å²) in [6.45, 7) is 10.7. The highest BCUT2D eigenvalue weighted by Crippen LogP contribution is 2.21. The Hall–Kier alpha value is -0.860. The molecule has 0 spiro atoms. The number of rotatable bonds is 7. The van der Waals surface area contributed by atoms with Crippen LogP contribution < -0.4 is 5.32 Å². The molecule has 0 amide bonds. The fourth-order valence-corrected chi connectivity index (χ4v) is 2.96. The lowest BCUT2D eigenvalue weighted by Crippen LogP contribution is -2.27. The van der Waals surface area contributed by atoms with Crippen LogP contribution in [0, 0.1) is 5.92 Å². The molecule has 1 aromatic carbocycles. The van der Waals surface area contributed by atoms with Crippen LogP contribution in [0.1, 0.15) is 38.2 Å². The first-order chi connectivity index (χ1) is 9.29. The summed E-state index contributed by atoms with van der Waals surface area (Å²) in [5, 5.41) is 3.47. The minimum atomic E-state index is 0.675. The molecule has 0 aromatic heterocycles. The maximum atomic E-state index is 3.47. The number of hydrogen-bond donors (Lipinski definition) is 1. The Kier molecular flexibility index (Phi) is 5.87. The lowest BCUT2D eigenvalue weighted by atomic mass is 9.98. The molecule has 0 aliphatic carbocycles. The molecule has 1 heterocycles. The Morgan fingerprint density at radius 2 is 2.11 bits per heavy atom. The molecule has 0 bridgehead atoms. The molecule has 1 aliphatic heterocycles. The Morgan fingerprint density at radius 3 is 2.84 bits per heavy atom. The second-order valence-electron chi connectivity index (χ2n) is 5.86. The predicted molar refractivity (Wildman–Crippen MR) is 82.6 cm³/mol. The molecule has 1 saturated heterocycles. The summed E-state index contributed by atoms with van der Waals surface area (Å²) in [7, 11) is 0. The molecule has 106 valence electrons. The normalized spacial score (nSPS) is 21.7. The van der Waals surface area contributed by atoms with Crippen LogP contribution in [0.4, 0.5) is 0 Å². The van der Waals surface area contributed by atoms with Gasteiger partial charge in [0.05, 0.1) is 0 Å². The predicted octanol–water partition coefficient (Wildman–Crippen LogP) is 3.11. The van der Waals surface area contributed by atoms with E-state index in [0.29, 0.717) is 5.92 Å². The molecule has 2 heteroatoms. The van der Waals surface area contributed by atoms with Crippen molar-refractivity contribution >= 4 is 0 Å². The number of nitrogens with one attached hydrogen (secondary N) is 1. The first-order valence-electron chi connectivity index (χ1n) is 7.77. The van der Waals surface area contributed by atoms with E-state index in [4.69, 9.17) is 0 Å². The summed E-state index contributed by atoms with van der Waals surface area (Å²) >= 11 is 0. The number of likely N-dealkylation sites (tertiary alicyclic amines) is 1. The van der Waals surface area contributed by atoms with Crippen molar-refractivity contribution in [3.63, 3.8) is 0 Å². The van der Waals surface area contributed by atoms with Gasteiger partial charge in [-0.05, 0) is 56.4 Å². The maximum Gasteiger partial charge on any atom is 0.00223 e. The molecule has 19 heavy (non-hydrogen) atoms. The van der Waals surface area contributed by atoms with Crippen LogP contribution in [0.25, 0.3) is 0 Å². The monoisotopic (exact) mass is 260 g/mol. The van der Waals surface area contributed by atoms with Gasteiger partial charge in [0.1, 0.15) is 0 Å². The Labute approximate surface area is 118 Å². The van der Waals surface area contributed by atoms with Gasteiger partial charge in [0.25, 0.3) is 0 Å². The number of nitrogens with zero attached hydrogens (tertiary/aromatic N) is 1. The van der Waals surface area contributed by atoms with Crippen LogP contribution in [0.3, 0.4) is 0 Å². The van der Waals surface area contributed by atoms with E-state index in [9.17, 15) is 0 Å². The smallest absolute Gasteiger partial charge is 0.00223 e. The van der Waals surface area contributed by atoms with E-state index in [1.54, 1.807) is 0 Å². The molecular weight excluding hydrogens is 232 g/mol. The van der Waals surface area contributed by atoms with Gasteiger partial charge in [0, 0.05) is 6.54 Å². The highest BCUT2D eigenvalue weighted by Gasteiger charge is 2.21. The highest BCUT2D eigenvalue weighted by molar-refractivity contribution is 5.18. The first-order valence-corrected chi connectivity index (χ1v) is 7.77. The zero-order valence-corrected chi connectivity index (χ0v) is 12.4. The summed E-state index contributed by atoms with van der Waals surface area (Å²) in [6, 6.07) is 10.9. The van der Waals surface area contributed by atoms with E-state index >= 15 is 0 Å². The lowest BCUT2D eigenvalue weighted by molar-refractivity contribution is 0.310. The van der Waals surface area contributed by atoms with Crippen LogP contribution in [-0.4, -0.2) is 37.6 Å². The van der Waals surface area contributed by atoms with Crippen LogP contribution >= 0.6 is 0 Å². The summed E-state index contributed by atoms with van der Waals surface area (Å²) in [6.07, 6.45) is 2.64. The third kappa shape index (κ3) is 4.63. The van der Waals surface area contributed by atoms with Crippen molar-refractivity contribution in [2.24, 2.45) is 5.92 Å². The van der Waals surface area contributed by atoms with E-state index in [1.165, 1.54) is 44.6 Å². The van der Waals surface area contributed by atoms with Crippen LogP contribution in [-0.2, 0) is 0 Å². The fourth-order valence-electron chi connectivity index (χ4n) is 2.96. The molecule has 2 nitrogen and oxygen atoms in total. The van der Waals surface area contributed by atoms with Crippen molar-refractivity contribution in [2.75, 3.05) is 32.7 Å². The average molecular weight is 260 g/mol. The second-order valence-corrected chi connectivity index (χ2v) is 5.86. The fraction of sp³-hybridized carbons (Fsp3) is 0.647. The number of benzene rings is 1. The lowest BCUT2D eigenvalue weighted by Gasteiger charge is -2.19. The van der Waals surface area contributed by atoms with Crippen molar-refractivity contribution < 1.29 is 0 Å². The molecule has 1 aliphatic rings. The third-order valence-corrected chi connectivity index (χ3v) is 4.30. The van der Waals surface area contributed by atoms with Crippen molar-refractivity contribution in [1.82, 2.24) is 10.2 Å². The summed E-state index contributed by atoms with van der Waals surface area (Å²) in [5.74, 6) is 1.54. The van der Waals surface area contributed by atoms with E-state index in [0.717, 1.165) is 12.5 Å². The maximum absolute atomic E-state index is 3.47. The van der Waals surface area contributed by atoms with Gasteiger partial charge in [0.2, 0.25) is 0 Å². The molecule has 1 N–H and O–H groups in total. The number of hydrogen-bond acceptors (Lipinski definition) is 2. The Balaban J connectivity index is 1.69. The van der Waals surface area contributed by atoms with Gasteiger partial charge in [0.15, 0.2) is 0 Å². The quantitative estimate of drug-likeness (QED) is 0.810. The molecule has 0 saturated carbocycles. The van der Waals surface area contributed by atoms with E-state index in [2.05, 4.69) is 54.4 Å². The summed E-state index contributed by atoms with van der Waals surface area (Å²) in [5.41, 5.74) is 1.48. The topological polar surface area (TPSA) is 15.3 Å². The third-order valence-electron chi connectivity index (χ3n) is 4.30. The average Bonchev–Trinajstić information content (AvgIpc) is 2.91. The van der Waals surface area contributed by atoms with Crippen molar-refractivity contribution in [3.05, 3.63) is 35.9 Å². The summed E-state index contributed by atoms with van der Waals surface area (Å²) < 4.78 is 0. The van der Waals surface area contributed by atoms with Gasteiger partial charge in [-0.25, -0.2) is 0 Å². The van der Waals surface area contributed by atoms with Crippen molar-refractivity contribution in [3.8, 4) is 0 Å². The minimum absolute atomic E-state index is 0.675. The van der Waals surface area contributed by atoms with Crippen LogP contribution in [0.5, 0.6) is 0 Å². The molecule has 2 atom stereocenters. The zero-order valence-electron chi connectivity index (χ0n) is 12.4. The molecular formula is C17H28N2. The molecule has 0 radical (unpaired) electrons. The van der Waals surface area contributed by atoms with Crippen molar-refractivity contribution in [1.29, 1.82) is 0 Å². The SMILES string of the molecule is CCNCC1CCN(CCC(C)c2ccccc2)C1. The molecule has 2 unspecified atom stereocenters. The van der Waals surface area contributed by atoms with Gasteiger partial charge in [-0.3, -0.25) is 0 Å². The van der Waals surface area contributed by atoms with E-state index in [1.807, 2.05) is 0 Å². The minimum Gasteiger partial charge on any atom is -0.317 e. The molecule has 1 aromatic rings. The Bertz CT molecular complexity index is 350.